The number of aromatic nitrogens is 1. The van der Waals surface area contributed by atoms with Crippen LogP contribution in [0.1, 0.15) is 18.1 Å². The number of methoxy groups -OCH3 is 2. The lowest BCUT2D eigenvalue weighted by molar-refractivity contribution is 0.143. The Bertz CT molecular complexity index is 752. The summed E-state index contributed by atoms with van der Waals surface area (Å²) in [5.74, 6) is 2.26. The summed E-state index contributed by atoms with van der Waals surface area (Å²) >= 11 is 0. The third kappa shape index (κ3) is 6.42. The second-order valence-corrected chi connectivity index (χ2v) is 6.15. The summed E-state index contributed by atoms with van der Waals surface area (Å²) in [5, 5.41) is 3.34. The molecule has 0 saturated carbocycles. The van der Waals surface area contributed by atoms with Crippen LogP contribution in [0.3, 0.4) is 0 Å². The standard InChI is InChI=1S/C21H30N4O3/c1-5-22-21(25(2)16-18-9-6-7-11-19(18)27-4)24-15-17-10-8-12-23-20(17)28-14-13-26-3/h6-12H,5,13-16H2,1-4H3,(H,22,24). The number of guanidine groups is 1. The van der Waals surface area contributed by atoms with Crippen LogP contribution in [0.2, 0.25) is 0 Å². The number of ether oxygens (including phenoxy) is 3. The molecule has 7 heteroatoms. The van der Waals surface area contributed by atoms with E-state index in [0.29, 0.717) is 32.2 Å². The Labute approximate surface area is 167 Å². The summed E-state index contributed by atoms with van der Waals surface area (Å²) in [5.41, 5.74) is 2.03. The molecule has 0 saturated heterocycles. The van der Waals surface area contributed by atoms with Gasteiger partial charge in [-0.3, -0.25) is 0 Å². The fourth-order valence-corrected chi connectivity index (χ4v) is 2.69. The summed E-state index contributed by atoms with van der Waals surface area (Å²) in [6.45, 7) is 4.95. The summed E-state index contributed by atoms with van der Waals surface area (Å²) in [6.07, 6.45) is 1.72. The lowest BCUT2D eigenvalue weighted by Gasteiger charge is -2.23. The Balaban J connectivity index is 2.11. The highest BCUT2D eigenvalue weighted by molar-refractivity contribution is 5.79. The molecule has 0 aliphatic rings. The van der Waals surface area contributed by atoms with E-state index in [1.54, 1.807) is 20.4 Å². The molecule has 0 aliphatic heterocycles. The Morgan fingerprint density at radius 3 is 2.64 bits per heavy atom. The lowest BCUT2D eigenvalue weighted by atomic mass is 10.2. The highest BCUT2D eigenvalue weighted by atomic mass is 16.5. The zero-order valence-electron chi connectivity index (χ0n) is 17.1. The van der Waals surface area contributed by atoms with Crippen molar-refractivity contribution < 1.29 is 14.2 Å². The van der Waals surface area contributed by atoms with Gasteiger partial charge in [-0.15, -0.1) is 0 Å². The molecule has 0 fully saturated rings. The SMILES string of the molecule is CCNC(=NCc1cccnc1OCCOC)N(C)Cc1ccccc1OC. The van der Waals surface area contributed by atoms with Crippen LogP contribution in [0.15, 0.2) is 47.6 Å². The van der Waals surface area contributed by atoms with Crippen LogP contribution in [-0.4, -0.2) is 56.9 Å². The van der Waals surface area contributed by atoms with Crippen molar-refractivity contribution in [3.63, 3.8) is 0 Å². The summed E-state index contributed by atoms with van der Waals surface area (Å²) < 4.78 is 16.2. The van der Waals surface area contributed by atoms with Gasteiger partial charge in [0.05, 0.1) is 20.3 Å². The maximum absolute atomic E-state index is 5.70. The Hall–Kier alpha value is -2.80. The normalized spacial score (nSPS) is 11.2. The third-order valence-electron chi connectivity index (χ3n) is 4.07. The van der Waals surface area contributed by atoms with Crippen LogP contribution >= 0.6 is 0 Å². The van der Waals surface area contributed by atoms with E-state index in [1.807, 2.05) is 37.4 Å². The number of pyridine rings is 1. The van der Waals surface area contributed by atoms with Crippen LogP contribution < -0.4 is 14.8 Å². The first-order chi connectivity index (χ1) is 13.7. The third-order valence-corrected chi connectivity index (χ3v) is 4.07. The van der Waals surface area contributed by atoms with Crippen LogP contribution in [0.5, 0.6) is 11.6 Å². The van der Waals surface area contributed by atoms with E-state index in [4.69, 9.17) is 19.2 Å². The van der Waals surface area contributed by atoms with E-state index >= 15 is 0 Å². The highest BCUT2D eigenvalue weighted by Gasteiger charge is 2.11. The zero-order chi connectivity index (χ0) is 20.2. The van der Waals surface area contributed by atoms with Gasteiger partial charge in [0.25, 0.3) is 0 Å². The van der Waals surface area contributed by atoms with Gasteiger partial charge in [-0.25, -0.2) is 9.98 Å². The molecule has 152 valence electrons. The number of rotatable bonds is 10. The molecule has 2 aromatic rings. The molecule has 0 radical (unpaired) electrons. The average Bonchev–Trinajstić information content (AvgIpc) is 2.72. The zero-order valence-corrected chi connectivity index (χ0v) is 17.1. The van der Waals surface area contributed by atoms with Crippen molar-refractivity contribution in [1.82, 2.24) is 15.2 Å². The van der Waals surface area contributed by atoms with Crippen molar-refractivity contribution >= 4 is 5.96 Å². The van der Waals surface area contributed by atoms with Gasteiger partial charge >= 0.3 is 0 Å². The highest BCUT2D eigenvalue weighted by Crippen LogP contribution is 2.19. The average molecular weight is 386 g/mol. The number of hydrogen-bond acceptors (Lipinski definition) is 5. The van der Waals surface area contributed by atoms with E-state index in [2.05, 4.69) is 28.2 Å². The number of nitrogens with zero attached hydrogens (tertiary/aromatic N) is 3. The minimum absolute atomic E-state index is 0.456. The molecule has 0 aliphatic carbocycles. The van der Waals surface area contributed by atoms with Gasteiger partial charge in [-0.1, -0.05) is 24.3 Å². The molecule has 1 aromatic carbocycles. The van der Waals surface area contributed by atoms with Crippen LogP contribution in [0.25, 0.3) is 0 Å². The first-order valence-corrected chi connectivity index (χ1v) is 9.36. The minimum atomic E-state index is 0.456. The number of para-hydroxylation sites is 1. The molecular formula is C21H30N4O3. The molecule has 0 spiro atoms. The first-order valence-electron chi connectivity index (χ1n) is 9.36. The van der Waals surface area contributed by atoms with Crippen molar-refractivity contribution in [1.29, 1.82) is 0 Å². The molecule has 1 aromatic heterocycles. The Morgan fingerprint density at radius 1 is 1.11 bits per heavy atom. The molecule has 0 unspecified atom stereocenters. The molecule has 0 atom stereocenters. The first kappa shape index (κ1) is 21.5. The van der Waals surface area contributed by atoms with Crippen molar-refractivity contribution in [2.24, 2.45) is 4.99 Å². The maximum Gasteiger partial charge on any atom is 0.218 e. The summed E-state index contributed by atoms with van der Waals surface area (Å²) in [7, 11) is 5.34. The van der Waals surface area contributed by atoms with Crippen LogP contribution in [-0.2, 0) is 17.8 Å². The van der Waals surface area contributed by atoms with Crippen LogP contribution in [0, 0.1) is 0 Å². The molecule has 2 rings (SSSR count). The topological polar surface area (TPSA) is 68.2 Å². The van der Waals surface area contributed by atoms with Crippen molar-refractivity contribution in [2.45, 2.75) is 20.0 Å². The van der Waals surface area contributed by atoms with Gasteiger partial charge in [-0.05, 0) is 19.1 Å². The summed E-state index contributed by atoms with van der Waals surface area (Å²) in [6, 6.07) is 11.9. The second kappa shape index (κ2) is 11.8. The number of nitrogens with one attached hydrogen (secondary N) is 1. The van der Waals surface area contributed by atoms with Gasteiger partial charge in [0, 0.05) is 44.6 Å². The van der Waals surface area contributed by atoms with E-state index in [-0.39, 0.29) is 0 Å². The van der Waals surface area contributed by atoms with Gasteiger partial charge < -0.3 is 24.4 Å². The van der Waals surface area contributed by atoms with Crippen molar-refractivity contribution in [3.05, 3.63) is 53.7 Å². The number of aliphatic imine (C=N–C) groups is 1. The largest absolute Gasteiger partial charge is 0.496 e. The number of hydrogen-bond donors (Lipinski definition) is 1. The molecule has 1 heterocycles. The predicted molar refractivity (Wildman–Crippen MR) is 111 cm³/mol. The quantitative estimate of drug-likeness (QED) is 0.385. The minimum Gasteiger partial charge on any atom is -0.496 e. The summed E-state index contributed by atoms with van der Waals surface area (Å²) in [4.78, 5) is 11.1. The predicted octanol–water partition coefficient (Wildman–Crippen LogP) is 2.71. The second-order valence-electron chi connectivity index (χ2n) is 6.15. The Morgan fingerprint density at radius 2 is 1.89 bits per heavy atom. The van der Waals surface area contributed by atoms with Crippen molar-refractivity contribution in [3.8, 4) is 11.6 Å². The van der Waals surface area contributed by atoms with E-state index in [9.17, 15) is 0 Å². The van der Waals surface area contributed by atoms with E-state index < -0.39 is 0 Å². The maximum atomic E-state index is 5.70. The fourth-order valence-electron chi connectivity index (χ4n) is 2.69. The van der Waals surface area contributed by atoms with Gasteiger partial charge in [0.2, 0.25) is 5.88 Å². The van der Waals surface area contributed by atoms with Crippen LogP contribution in [0.4, 0.5) is 0 Å². The molecular weight excluding hydrogens is 356 g/mol. The number of benzene rings is 1. The monoisotopic (exact) mass is 386 g/mol. The van der Waals surface area contributed by atoms with Crippen molar-refractivity contribution in [2.75, 3.05) is 41.0 Å². The molecule has 28 heavy (non-hydrogen) atoms. The van der Waals surface area contributed by atoms with E-state index in [1.165, 1.54) is 0 Å². The Kier molecular flexibility index (Phi) is 9.07. The molecule has 0 bridgehead atoms. The molecule has 7 nitrogen and oxygen atoms in total. The molecule has 0 amide bonds. The fraction of sp³-hybridized carbons (Fsp3) is 0.429. The van der Waals surface area contributed by atoms with Gasteiger partial charge in [-0.2, -0.15) is 0 Å². The lowest BCUT2D eigenvalue weighted by Crippen LogP contribution is -2.38. The smallest absolute Gasteiger partial charge is 0.218 e. The van der Waals surface area contributed by atoms with Gasteiger partial charge in [0.15, 0.2) is 5.96 Å². The van der Waals surface area contributed by atoms with Gasteiger partial charge in [0.1, 0.15) is 12.4 Å². The van der Waals surface area contributed by atoms with E-state index in [0.717, 1.165) is 29.4 Å². The molecule has 1 N–H and O–H groups in total.